The molecule has 0 unspecified atom stereocenters. The molecule has 0 aliphatic heterocycles. The highest BCUT2D eigenvalue weighted by molar-refractivity contribution is 7.21. The molecule has 11 heteroatoms. The zero-order valence-corrected chi connectivity index (χ0v) is 21.6. The number of thiazole rings is 1. The summed E-state index contributed by atoms with van der Waals surface area (Å²) in [4.78, 5) is 18.7. The molecule has 2 fully saturated rings. The van der Waals surface area contributed by atoms with Gasteiger partial charge in [-0.3, -0.25) is 4.98 Å². The summed E-state index contributed by atoms with van der Waals surface area (Å²) in [6.45, 7) is 7.19. The molecule has 2 aliphatic carbocycles. The molecule has 3 aromatic rings. The van der Waals surface area contributed by atoms with Gasteiger partial charge in [0.05, 0.1) is 39.9 Å². The minimum Gasteiger partial charge on any atom is -0.396 e. The summed E-state index contributed by atoms with van der Waals surface area (Å²) in [6, 6.07) is 1.48. The van der Waals surface area contributed by atoms with Crippen LogP contribution in [0.25, 0.3) is 20.8 Å². The van der Waals surface area contributed by atoms with Gasteiger partial charge in [-0.05, 0) is 52.0 Å². The summed E-state index contributed by atoms with van der Waals surface area (Å²) in [5.74, 6) is 1.17. The number of hydrogen-bond acceptors (Lipinski definition) is 11. The molecular formula is C25H34N6O4S. The van der Waals surface area contributed by atoms with E-state index in [-0.39, 0.29) is 6.61 Å². The number of fused-ring (bicyclic) bond motifs is 1. The number of nitrogens with zero attached hydrogens (tertiary/aromatic N) is 4. The highest BCUT2D eigenvalue weighted by Gasteiger charge is 2.41. The van der Waals surface area contributed by atoms with Crippen molar-refractivity contribution < 1.29 is 20.1 Å². The molecule has 3 aromatic heterocycles. The topological polar surface area (TPSA) is 146 Å². The first-order chi connectivity index (χ1) is 17.4. The maximum Gasteiger partial charge on any atom is 0.224 e. The second kappa shape index (κ2) is 10.5. The number of aliphatic hydroxyl groups is 3. The first-order valence-electron chi connectivity index (χ1n) is 12.6. The predicted molar refractivity (Wildman–Crippen MR) is 139 cm³/mol. The normalized spacial score (nSPS) is 27.8. The van der Waals surface area contributed by atoms with Crippen molar-refractivity contribution in [3.63, 3.8) is 0 Å². The Morgan fingerprint density at radius 2 is 1.89 bits per heavy atom. The quantitative estimate of drug-likeness (QED) is 0.289. The zero-order valence-electron chi connectivity index (χ0n) is 20.8. The average molecular weight is 515 g/mol. The Kier molecular flexibility index (Phi) is 7.36. The van der Waals surface area contributed by atoms with Crippen molar-refractivity contribution in [1.29, 1.82) is 0 Å². The maximum atomic E-state index is 10.6. The van der Waals surface area contributed by atoms with Crippen LogP contribution in [0.5, 0.6) is 0 Å². The minimum atomic E-state index is -1.02. The predicted octanol–water partition coefficient (Wildman–Crippen LogP) is 2.51. The summed E-state index contributed by atoms with van der Waals surface area (Å²) in [7, 11) is 0. The Balaban J connectivity index is 1.44. The summed E-state index contributed by atoms with van der Waals surface area (Å²) < 4.78 is 6.69. The van der Waals surface area contributed by atoms with E-state index in [0.717, 1.165) is 58.2 Å². The third-order valence-corrected chi connectivity index (χ3v) is 8.33. The minimum absolute atomic E-state index is 0.187. The summed E-state index contributed by atoms with van der Waals surface area (Å²) >= 11 is 1.54. The van der Waals surface area contributed by atoms with Crippen molar-refractivity contribution in [2.24, 2.45) is 11.8 Å². The number of aryl methyl sites for hydroxylation is 2. The van der Waals surface area contributed by atoms with Crippen LogP contribution in [0.1, 0.15) is 37.6 Å². The lowest BCUT2D eigenvalue weighted by Crippen LogP contribution is -2.36. The monoisotopic (exact) mass is 514 g/mol. The molecule has 0 radical (unpaired) electrons. The van der Waals surface area contributed by atoms with Gasteiger partial charge >= 0.3 is 0 Å². The van der Waals surface area contributed by atoms with Crippen molar-refractivity contribution in [1.82, 2.24) is 19.9 Å². The van der Waals surface area contributed by atoms with E-state index >= 15 is 0 Å². The van der Waals surface area contributed by atoms with E-state index in [0.29, 0.717) is 30.2 Å². The van der Waals surface area contributed by atoms with Gasteiger partial charge in [-0.1, -0.05) is 0 Å². The molecule has 0 aromatic carbocycles. The summed E-state index contributed by atoms with van der Waals surface area (Å²) in [5.41, 5.74) is 3.21. The number of ether oxygens (including phenoxy) is 1. The first kappa shape index (κ1) is 25.2. The van der Waals surface area contributed by atoms with Gasteiger partial charge in [0.15, 0.2) is 0 Å². The Hall–Kier alpha value is -2.44. The molecule has 0 amide bonds. The maximum absolute atomic E-state index is 10.6. The molecule has 5 rings (SSSR count). The second-order valence-corrected chi connectivity index (χ2v) is 10.9. The van der Waals surface area contributed by atoms with Crippen LogP contribution in [0, 0.1) is 25.7 Å². The van der Waals surface area contributed by atoms with Crippen LogP contribution in [-0.4, -0.2) is 79.4 Å². The lowest BCUT2D eigenvalue weighted by atomic mass is 9.82. The number of rotatable bonds is 9. The van der Waals surface area contributed by atoms with Crippen molar-refractivity contribution in [3.8, 4) is 10.6 Å². The fourth-order valence-corrected chi connectivity index (χ4v) is 6.28. The number of aromatic nitrogens is 4. The molecule has 36 heavy (non-hydrogen) atoms. The second-order valence-electron chi connectivity index (χ2n) is 9.82. The lowest BCUT2D eigenvalue weighted by molar-refractivity contribution is -0.0205. The Labute approximate surface area is 214 Å². The largest absolute Gasteiger partial charge is 0.396 e. The van der Waals surface area contributed by atoms with Gasteiger partial charge in [0.25, 0.3) is 0 Å². The van der Waals surface area contributed by atoms with Crippen LogP contribution in [0.15, 0.2) is 12.3 Å². The molecule has 4 atom stereocenters. The standard InChI is InChI=1S/C25H34N6O4S/c1-4-35-16-7-14(8-16)10-27-25-28-12(2)19(24-30-20-13(3)26-6-5-18(20)36-24)23(31-25)29-17-9-15(11-32)21(33)22(17)34/h5-6,14-17,21-22,32-34H,4,7-11H2,1-3H3,(H2,27,28,29,31)/t14?,15-,16?,17-,21-,22+/m1/s1. The Bertz CT molecular complexity index is 1220. The number of pyridine rings is 1. The van der Waals surface area contributed by atoms with Gasteiger partial charge in [-0.2, -0.15) is 4.98 Å². The van der Waals surface area contributed by atoms with Gasteiger partial charge in [0.2, 0.25) is 5.95 Å². The molecular weight excluding hydrogens is 480 g/mol. The third-order valence-electron chi connectivity index (χ3n) is 7.30. The zero-order chi connectivity index (χ0) is 25.4. The lowest BCUT2D eigenvalue weighted by Gasteiger charge is -2.35. The number of anilines is 2. The van der Waals surface area contributed by atoms with Gasteiger partial charge in [-0.25, -0.2) is 9.97 Å². The van der Waals surface area contributed by atoms with E-state index in [9.17, 15) is 15.3 Å². The average Bonchev–Trinajstić information content (AvgIpc) is 3.37. The molecule has 0 saturated heterocycles. The Morgan fingerprint density at radius 3 is 2.58 bits per heavy atom. The van der Waals surface area contributed by atoms with E-state index in [1.165, 1.54) is 0 Å². The van der Waals surface area contributed by atoms with Crippen molar-refractivity contribution in [2.45, 2.75) is 64.4 Å². The first-order valence-corrected chi connectivity index (χ1v) is 13.4. The fraction of sp³-hybridized carbons (Fsp3) is 0.600. The Morgan fingerprint density at radius 1 is 1.08 bits per heavy atom. The molecule has 3 heterocycles. The van der Waals surface area contributed by atoms with Gasteiger partial charge in [0, 0.05) is 31.9 Å². The molecule has 0 bridgehead atoms. The van der Waals surface area contributed by atoms with Crippen LogP contribution in [0.3, 0.4) is 0 Å². The van der Waals surface area contributed by atoms with Gasteiger partial charge in [-0.15, -0.1) is 11.3 Å². The number of nitrogens with one attached hydrogen (secondary N) is 2. The number of aliphatic hydroxyl groups excluding tert-OH is 3. The highest BCUT2D eigenvalue weighted by Crippen LogP contribution is 2.38. The highest BCUT2D eigenvalue weighted by atomic mass is 32.1. The van der Waals surface area contributed by atoms with Crippen LogP contribution < -0.4 is 10.6 Å². The van der Waals surface area contributed by atoms with E-state index in [2.05, 4.69) is 15.6 Å². The van der Waals surface area contributed by atoms with Gasteiger partial charge in [0.1, 0.15) is 22.4 Å². The van der Waals surface area contributed by atoms with E-state index in [4.69, 9.17) is 19.7 Å². The van der Waals surface area contributed by atoms with Crippen molar-refractivity contribution >= 4 is 33.3 Å². The van der Waals surface area contributed by atoms with Crippen LogP contribution >= 0.6 is 11.3 Å². The van der Waals surface area contributed by atoms with Crippen LogP contribution in [0.4, 0.5) is 11.8 Å². The third kappa shape index (κ3) is 4.90. The number of hydrogen-bond donors (Lipinski definition) is 5. The SMILES string of the molecule is CCOC1CC(CNc2nc(C)c(-c3nc4c(C)nccc4s3)c(N[C@@H]3C[C@H](CO)[C@@H](O)[C@H]3O)n2)C1. The molecule has 194 valence electrons. The van der Waals surface area contributed by atoms with Crippen LogP contribution in [-0.2, 0) is 4.74 Å². The molecule has 0 spiro atoms. The summed E-state index contributed by atoms with van der Waals surface area (Å²) in [5, 5.41) is 38.1. The summed E-state index contributed by atoms with van der Waals surface area (Å²) in [6.07, 6.45) is 2.58. The van der Waals surface area contributed by atoms with E-state index in [1.807, 2.05) is 26.8 Å². The van der Waals surface area contributed by atoms with Crippen LogP contribution in [0.2, 0.25) is 0 Å². The molecule has 2 saturated carbocycles. The molecule has 2 aliphatic rings. The smallest absolute Gasteiger partial charge is 0.224 e. The van der Waals surface area contributed by atoms with Gasteiger partial charge < -0.3 is 30.7 Å². The van der Waals surface area contributed by atoms with Crippen molar-refractivity contribution in [3.05, 3.63) is 23.7 Å². The van der Waals surface area contributed by atoms with E-state index in [1.54, 1.807) is 17.5 Å². The molecule has 5 N–H and O–H groups in total. The van der Waals surface area contributed by atoms with Crippen molar-refractivity contribution in [2.75, 3.05) is 30.4 Å². The fourth-order valence-electron chi connectivity index (χ4n) is 5.17. The molecule has 10 nitrogen and oxygen atoms in total. The van der Waals surface area contributed by atoms with E-state index < -0.39 is 24.2 Å².